The number of nitrogens with zero attached hydrogens (tertiary/aromatic N) is 6. The lowest BCUT2D eigenvalue weighted by atomic mass is 10.3. The fraction of sp³-hybridized carbons (Fsp3) is 0. The van der Waals surface area contributed by atoms with Crippen LogP contribution in [0.1, 0.15) is 0 Å². The largest absolute Gasteiger partial charge is 0.223 e. The average molecular weight is 212 g/mol. The highest BCUT2D eigenvalue weighted by Crippen LogP contribution is 2.10. The highest BCUT2D eigenvalue weighted by molar-refractivity contribution is 5.39. The molecule has 16 heavy (non-hydrogen) atoms. The zero-order valence-corrected chi connectivity index (χ0v) is 8.30. The molecule has 6 heteroatoms. The zero-order valence-electron chi connectivity index (χ0n) is 8.30. The first-order valence-electron chi connectivity index (χ1n) is 4.75. The quantitative estimate of drug-likeness (QED) is 0.631. The van der Waals surface area contributed by atoms with E-state index in [4.69, 9.17) is 0 Å². The third-order valence-corrected chi connectivity index (χ3v) is 2.22. The first kappa shape index (κ1) is 8.78. The van der Waals surface area contributed by atoms with Crippen molar-refractivity contribution in [3.63, 3.8) is 0 Å². The van der Waals surface area contributed by atoms with Gasteiger partial charge in [0.15, 0.2) is 0 Å². The summed E-state index contributed by atoms with van der Waals surface area (Å²) in [5.74, 6) is 0. The first-order valence-corrected chi connectivity index (χ1v) is 4.75. The van der Waals surface area contributed by atoms with Gasteiger partial charge in [0, 0.05) is 0 Å². The van der Waals surface area contributed by atoms with Crippen LogP contribution >= 0.6 is 0 Å². The predicted molar refractivity (Wildman–Crippen MR) is 56.3 cm³/mol. The molecule has 0 aliphatic carbocycles. The Hall–Kier alpha value is -2.50. The van der Waals surface area contributed by atoms with Crippen LogP contribution in [0.2, 0.25) is 0 Å². The Labute approximate surface area is 91.2 Å². The summed E-state index contributed by atoms with van der Waals surface area (Å²) in [7, 11) is 0. The highest BCUT2D eigenvalue weighted by Gasteiger charge is 1.99. The molecule has 0 unspecified atom stereocenters. The first-order chi connectivity index (χ1) is 7.93. The number of hydrogen-bond acceptors (Lipinski definition) is 4. The molecule has 0 amide bonds. The lowest BCUT2D eigenvalue weighted by molar-refractivity contribution is 0.801. The van der Waals surface area contributed by atoms with E-state index in [0.717, 1.165) is 11.4 Å². The number of aromatic nitrogens is 6. The fourth-order valence-electron chi connectivity index (χ4n) is 1.45. The summed E-state index contributed by atoms with van der Waals surface area (Å²) in [6, 6.07) is 7.80. The zero-order chi connectivity index (χ0) is 10.8. The third kappa shape index (κ3) is 1.46. The molecule has 0 bridgehead atoms. The third-order valence-electron chi connectivity index (χ3n) is 2.22. The van der Waals surface area contributed by atoms with E-state index in [-0.39, 0.29) is 0 Å². The monoisotopic (exact) mass is 212 g/mol. The van der Waals surface area contributed by atoms with Crippen molar-refractivity contribution < 1.29 is 0 Å². The van der Waals surface area contributed by atoms with Crippen molar-refractivity contribution >= 4 is 0 Å². The molecule has 0 N–H and O–H groups in total. The normalized spacial score (nSPS) is 10.5. The number of rotatable bonds is 2. The Balaban J connectivity index is 1.97. The van der Waals surface area contributed by atoms with E-state index in [9.17, 15) is 0 Å². The second kappa shape index (κ2) is 3.58. The molecule has 3 rings (SSSR count). The van der Waals surface area contributed by atoms with Gasteiger partial charge in [-0.05, 0) is 24.3 Å². The number of benzene rings is 1. The molecule has 78 valence electrons. The van der Waals surface area contributed by atoms with Gasteiger partial charge in [-0.25, -0.2) is 14.3 Å². The maximum Gasteiger partial charge on any atom is 0.138 e. The van der Waals surface area contributed by atoms with Gasteiger partial charge in [-0.15, -0.1) is 5.10 Å². The molecule has 0 aliphatic rings. The predicted octanol–water partition coefficient (Wildman–Crippen LogP) is 0.848. The Kier molecular flexibility index (Phi) is 1.96. The van der Waals surface area contributed by atoms with E-state index in [2.05, 4.69) is 20.4 Å². The second-order valence-electron chi connectivity index (χ2n) is 3.20. The van der Waals surface area contributed by atoms with Gasteiger partial charge in [0.2, 0.25) is 0 Å². The van der Waals surface area contributed by atoms with Crippen LogP contribution in [0.15, 0.2) is 49.3 Å². The van der Waals surface area contributed by atoms with Gasteiger partial charge in [-0.1, -0.05) is 5.21 Å². The molecule has 0 saturated heterocycles. The van der Waals surface area contributed by atoms with Gasteiger partial charge < -0.3 is 0 Å². The highest BCUT2D eigenvalue weighted by atomic mass is 15.4. The van der Waals surface area contributed by atoms with Crippen molar-refractivity contribution in [1.82, 2.24) is 29.8 Å². The minimum Gasteiger partial charge on any atom is -0.223 e. The van der Waals surface area contributed by atoms with Crippen LogP contribution < -0.4 is 0 Å². The minimum atomic E-state index is 0.960. The van der Waals surface area contributed by atoms with Gasteiger partial charge in [0.05, 0.1) is 23.8 Å². The van der Waals surface area contributed by atoms with E-state index in [1.165, 1.54) is 6.33 Å². The minimum absolute atomic E-state index is 0.960. The Morgan fingerprint density at radius 3 is 2.25 bits per heavy atom. The standard InChI is InChI=1S/C10H8N6/c1-3-10(16-8-11-7-13-16)4-2-9(1)15-6-5-12-14-15/h1-8H. The molecule has 6 nitrogen and oxygen atoms in total. The van der Waals surface area contributed by atoms with Gasteiger partial charge in [-0.3, -0.25) is 0 Å². The molecule has 0 aliphatic heterocycles. The van der Waals surface area contributed by atoms with E-state index >= 15 is 0 Å². The summed E-state index contributed by atoms with van der Waals surface area (Å²) < 4.78 is 3.40. The molecular weight excluding hydrogens is 204 g/mol. The molecule has 1 aromatic carbocycles. The molecule has 0 spiro atoms. The summed E-state index contributed by atoms with van der Waals surface area (Å²) in [5, 5.41) is 11.7. The summed E-state index contributed by atoms with van der Waals surface area (Å²) in [4.78, 5) is 3.90. The summed E-state index contributed by atoms with van der Waals surface area (Å²) in [6.45, 7) is 0. The van der Waals surface area contributed by atoms with Gasteiger partial charge in [-0.2, -0.15) is 5.10 Å². The lowest BCUT2D eigenvalue weighted by Gasteiger charge is -2.02. The maximum atomic E-state index is 4.05. The molecule has 3 aromatic rings. The van der Waals surface area contributed by atoms with Gasteiger partial charge >= 0.3 is 0 Å². The topological polar surface area (TPSA) is 61.4 Å². The van der Waals surface area contributed by atoms with Crippen molar-refractivity contribution in [1.29, 1.82) is 0 Å². The van der Waals surface area contributed by atoms with E-state index in [1.807, 2.05) is 24.3 Å². The molecule has 0 atom stereocenters. The van der Waals surface area contributed by atoms with Gasteiger partial charge in [0.1, 0.15) is 12.7 Å². The Bertz CT molecular complexity index is 499. The second-order valence-corrected chi connectivity index (χ2v) is 3.20. The van der Waals surface area contributed by atoms with Crippen molar-refractivity contribution in [2.75, 3.05) is 0 Å². The molecular formula is C10H8N6. The van der Waals surface area contributed by atoms with E-state index in [0.29, 0.717) is 0 Å². The molecule has 0 radical (unpaired) electrons. The van der Waals surface area contributed by atoms with Crippen LogP contribution in [0.25, 0.3) is 11.4 Å². The van der Waals surface area contributed by atoms with Crippen molar-refractivity contribution in [3.8, 4) is 11.4 Å². The Morgan fingerprint density at radius 2 is 1.69 bits per heavy atom. The van der Waals surface area contributed by atoms with Crippen LogP contribution in [0, 0.1) is 0 Å². The van der Waals surface area contributed by atoms with Crippen LogP contribution in [-0.4, -0.2) is 29.8 Å². The van der Waals surface area contributed by atoms with Crippen LogP contribution in [-0.2, 0) is 0 Å². The van der Waals surface area contributed by atoms with Crippen molar-refractivity contribution in [2.45, 2.75) is 0 Å². The van der Waals surface area contributed by atoms with Crippen LogP contribution in [0.4, 0.5) is 0 Å². The van der Waals surface area contributed by atoms with E-state index in [1.54, 1.807) is 28.1 Å². The SMILES string of the molecule is c1cn(-c2ccc(-n3cncn3)cc2)nn1. The fourth-order valence-corrected chi connectivity index (χ4v) is 1.45. The maximum absolute atomic E-state index is 4.05. The average Bonchev–Trinajstić information content (AvgIpc) is 3.03. The van der Waals surface area contributed by atoms with Crippen molar-refractivity contribution in [3.05, 3.63) is 49.3 Å². The van der Waals surface area contributed by atoms with Crippen LogP contribution in [0.3, 0.4) is 0 Å². The summed E-state index contributed by atoms with van der Waals surface area (Å²) >= 11 is 0. The molecule has 0 fully saturated rings. The van der Waals surface area contributed by atoms with Gasteiger partial charge in [0.25, 0.3) is 0 Å². The Morgan fingerprint density at radius 1 is 0.938 bits per heavy atom. The number of hydrogen-bond donors (Lipinski definition) is 0. The summed E-state index contributed by atoms with van der Waals surface area (Å²) in [6.07, 6.45) is 6.60. The molecule has 2 aromatic heterocycles. The van der Waals surface area contributed by atoms with Crippen molar-refractivity contribution in [2.24, 2.45) is 0 Å². The summed E-state index contributed by atoms with van der Waals surface area (Å²) in [5.41, 5.74) is 1.92. The smallest absolute Gasteiger partial charge is 0.138 e. The molecule has 2 heterocycles. The molecule has 0 saturated carbocycles. The lowest BCUT2D eigenvalue weighted by Crippen LogP contribution is -1.97. The van der Waals surface area contributed by atoms with Crippen LogP contribution in [0.5, 0.6) is 0 Å². The van der Waals surface area contributed by atoms with E-state index < -0.39 is 0 Å².